The van der Waals surface area contributed by atoms with Gasteiger partial charge in [-0.2, -0.15) is 0 Å². The van der Waals surface area contributed by atoms with Gasteiger partial charge in [-0.3, -0.25) is 4.79 Å². The molecule has 4 rings (SSSR count). The van der Waals surface area contributed by atoms with E-state index in [-0.39, 0.29) is 5.91 Å². The van der Waals surface area contributed by atoms with E-state index in [1.165, 1.54) is 11.3 Å². The van der Waals surface area contributed by atoms with Crippen molar-refractivity contribution in [1.29, 1.82) is 0 Å². The zero-order valence-corrected chi connectivity index (χ0v) is 16.2. The Morgan fingerprint density at radius 2 is 1.96 bits per heavy atom. The van der Waals surface area contributed by atoms with Crippen LogP contribution >= 0.6 is 23.1 Å². The standard InChI is InChI=1S/C19H18N4OS2/c1-12-10-23(14-6-3-4-7-15(14)25-11-12)19(24)16-13(2)22-18(26-16)17-20-8-5-9-21-17/h3-9,12H,10-11H2,1-2H3/t12-/m0/s1. The Bertz CT molecular complexity index is 942. The first-order valence-corrected chi connectivity index (χ1v) is 10.2. The number of hydrogen-bond donors (Lipinski definition) is 0. The number of carbonyl (C=O) groups is 1. The Balaban J connectivity index is 1.73. The lowest BCUT2D eigenvalue weighted by Crippen LogP contribution is -2.34. The molecule has 26 heavy (non-hydrogen) atoms. The SMILES string of the molecule is Cc1nc(-c2ncccn2)sc1C(=O)N1C[C@H](C)CSc2ccccc21. The van der Waals surface area contributed by atoms with Crippen molar-refractivity contribution in [3.63, 3.8) is 0 Å². The van der Waals surface area contributed by atoms with Crippen LogP contribution in [0.5, 0.6) is 0 Å². The summed E-state index contributed by atoms with van der Waals surface area (Å²) < 4.78 is 0. The number of thioether (sulfide) groups is 1. The number of benzene rings is 1. The molecule has 3 aromatic rings. The molecule has 0 fully saturated rings. The van der Waals surface area contributed by atoms with Gasteiger partial charge in [0.15, 0.2) is 10.8 Å². The first-order valence-electron chi connectivity index (χ1n) is 8.42. The summed E-state index contributed by atoms with van der Waals surface area (Å²) >= 11 is 3.18. The van der Waals surface area contributed by atoms with Gasteiger partial charge < -0.3 is 4.90 Å². The third kappa shape index (κ3) is 3.24. The maximum Gasteiger partial charge on any atom is 0.270 e. The second-order valence-corrected chi connectivity index (χ2v) is 8.37. The first kappa shape index (κ1) is 17.2. The fourth-order valence-corrected chi connectivity index (χ4v) is 4.95. The molecular weight excluding hydrogens is 364 g/mol. The number of anilines is 1. The molecule has 0 unspecified atom stereocenters. The van der Waals surface area contributed by atoms with E-state index in [0.29, 0.717) is 28.2 Å². The number of aromatic nitrogens is 3. The van der Waals surface area contributed by atoms with Gasteiger partial charge in [0.25, 0.3) is 5.91 Å². The number of aryl methyl sites for hydroxylation is 1. The lowest BCUT2D eigenvalue weighted by Gasteiger charge is -2.23. The summed E-state index contributed by atoms with van der Waals surface area (Å²) in [4.78, 5) is 30.1. The molecule has 0 aliphatic carbocycles. The van der Waals surface area contributed by atoms with Crippen molar-refractivity contribution < 1.29 is 4.79 Å². The second-order valence-electron chi connectivity index (χ2n) is 6.31. The van der Waals surface area contributed by atoms with E-state index in [4.69, 9.17) is 0 Å². The van der Waals surface area contributed by atoms with Crippen LogP contribution in [0.3, 0.4) is 0 Å². The van der Waals surface area contributed by atoms with Crippen LogP contribution in [-0.4, -0.2) is 33.2 Å². The smallest absolute Gasteiger partial charge is 0.270 e. The Hall–Kier alpha value is -2.25. The summed E-state index contributed by atoms with van der Waals surface area (Å²) in [5.41, 5.74) is 1.71. The van der Waals surface area contributed by atoms with Crippen molar-refractivity contribution in [2.75, 3.05) is 17.2 Å². The summed E-state index contributed by atoms with van der Waals surface area (Å²) in [6.45, 7) is 4.76. The van der Waals surface area contributed by atoms with E-state index >= 15 is 0 Å². The van der Waals surface area contributed by atoms with Crippen molar-refractivity contribution in [2.45, 2.75) is 18.7 Å². The summed E-state index contributed by atoms with van der Waals surface area (Å²) in [6, 6.07) is 9.88. The Morgan fingerprint density at radius 3 is 2.77 bits per heavy atom. The molecule has 0 radical (unpaired) electrons. The molecule has 1 amide bonds. The van der Waals surface area contributed by atoms with E-state index in [1.807, 2.05) is 41.8 Å². The molecule has 0 spiro atoms. The molecule has 2 aromatic heterocycles. The van der Waals surface area contributed by atoms with Crippen LogP contribution in [0.25, 0.3) is 10.8 Å². The van der Waals surface area contributed by atoms with Crippen LogP contribution in [0, 0.1) is 12.8 Å². The van der Waals surface area contributed by atoms with Crippen molar-refractivity contribution in [3.05, 3.63) is 53.3 Å². The van der Waals surface area contributed by atoms with E-state index in [1.54, 1.807) is 18.5 Å². The fraction of sp³-hybridized carbons (Fsp3) is 0.263. The molecule has 1 atom stereocenters. The largest absolute Gasteiger partial charge is 0.306 e. The predicted molar refractivity (Wildman–Crippen MR) is 106 cm³/mol. The number of thiazole rings is 1. The molecule has 3 heterocycles. The van der Waals surface area contributed by atoms with Crippen LogP contribution in [0.1, 0.15) is 22.3 Å². The number of fused-ring (bicyclic) bond motifs is 1. The van der Waals surface area contributed by atoms with E-state index in [9.17, 15) is 4.79 Å². The lowest BCUT2D eigenvalue weighted by atomic mass is 10.1. The van der Waals surface area contributed by atoms with E-state index in [2.05, 4.69) is 27.9 Å². The van der Waals surface area contributed by atoms with Gasteiger partial charge in [-0.25, -0.2) is 15.0 Å². The summed E-state index contributed by atoms with van der Waals surface area (Å²) in [5, 5.41) is 0.678. The topological polar surface area (TPSA) is 59.0 Å². The Labute approximate surface area is 160 Å². The Morgan fingerprint density at radius 1 is 1.19 bits per heavy atom. The minimum absolute atomic E-state index is 0.00369. The van der Waals surface area contributed by atoms with Crippen molar-refractivity contribution >= 4 is 34.7 Å². The van der Waals surface area contributed by atoms with Gasteiger partial charge in [-0.05, 0) is 31.0 Å². The number of nitrogens with zero attached hydrogens (tertiary/aromatic N) is 4. The van der Waals surface area contributed by atoms with Gasteiger partial charge in [0.2, 0.25) is 0 Å². The fourth-order valence-electron chi connectivity index (χ4n) is 2.91. The van der Waals surface area contributed by atoms with Crippen molar-refractivity contribution in [3.8, 4) is 10.8 Å². The zero-order chi connectivity index (χ0) is 18.1. The average Bonchev–Trinajstić information content (AvgIpc) is 2.98. The van der Waals surface area contributed by atoms with Crippen LogP contribution in [-0.2, 0) is 0 Å². The van der Waals surface area contributed by atoms with Crippen molar-refractivity contribution in [2.24, 2.45) is 5.92 Å². The number of para-hydroxylation sites is 1. The van der Waals surface area contributed by atoms with Gasteiger partial charge in [0.05, 0.1) is 11.4 Å². The predicted octanol–water partition coefficient (Wildman–Crippen LogP) is 4.30. The van der Waals surface area contributed by atoms with Crippen LogP contribution in [0.2, 0.25) is 0 Å². The molecule has 0 saturated carbocycles. The summed E-state index contributed by atoms with van der Waals surface area (Å²) in [6.07, 6.45) is 3.37. The highest BCUT2D eigenvalue weighted by molar-refractivity contribution is 7.99. The Kier molecular flexibility index (Phi) is 4.74. The van der Waals surface area contributed by atoms with Crippen molar-refractivity contribution in [1.82, 2.24) is 15.0 Å². The molecule has 1 aliphatic heterocycles. The normalized spacial score (nSPS) is 16.8. The van der Waals surface area contributed by atoms with Crippen LogP contribution in [0.15, 0.2) is 47.6 Å². The second kappa shape index (κ2) is 7.17. The monoisotopic (exact) mass is 382 g/mol. The third-order valence-electron chi connectivity index (χ3n) is 4.17. The van der Waals surface area contributed by atoms with Gasteiger partial charge in [-0.1, -0.05) is 19.1 Å². The van der Waals surface area contributed by atoms with Gasteiger partial charge >= 0.3 is 0 Å². The van der Waals surface area contributed by atoms with Gasteiger partial charge in [-0.15, -0.1) is 23.1 Å². The van der Waals surface area contributed by atoms with E-state index in [0.717, 1.165) is 22.0 Å². The molecule has 1 aromatic carbocycles. The van der Waals surface area contributed by atoms with Gasteiger partial charge in [0.1, 0.15) is 4.88 Å². The average molecular weight is 383 g/mol. The summed E-state index contributed by atoms with van der Waals surface area (Å²) in [5.74, 6) is 1.98. The van der Waals surface area contributed by atoms with Crippen LogP contribution in [0.4, 0.5) is 5.69 Å². The summed E-state index contributed by atoms with van der Waals surface area (Å²) in [7, 11) is 0. The molecule has 1 aliphatic rings. The highest BCUT2D eigenvalue weighted by Crippen LogP contribution is 2.37. The molecule has 5 nitrogen and oxygen atoms in total. The number of carbonyl (C=O) groups excluding carboxylic acids is 1. The third-order valence-corrected chi connectivity index (χ3v) is 6.70. The van der Waals surface area contributed by atoms with E-state index < -0.39 is 0 Å². The quantitative estimate of drug-likeness (QED) is 0.661. The maximum absolute atomic E-state index is 13.4. The zero-order valence-electron chi connectivity index (χ0n) is 14.5. The molecule has 0 saturated heterocycles. The minimum Gasteiger partial charge on any atom is -0.306 e. The van der Waals surface area contributed by atoms with Crippen LogP contribution < -0.4 is 4.90 Å². The highest BCUT2D eigenvalue weighted by atomic mass is 32.2. The first-order chi connectivity index (χ1) is 12.6. The number of hydrogen-bond acceptors (Lipinski definition) is 6. The molecular formula is C19H18N4OS2. The minimum atomic E-state index is 0.00369. The number of rotatable bonds is 2. The molecule has 132 valence electrons. The van der Waals surface area contributed by atoms with Gasteiger partial charge in [0, 0.05) is 29.6 Å². The molecule has 7 heteroatoms. The number of amides is 1. The molecule has 0 bridgehead atoms. The maximum atomic E-state index is 13.4. The highest BCUT2D eigenvalue weighted by Gasteiger charge is 2.28. The molecule has 0 N–H and O–H groups in total. The lowest BCUT2D eigenvalue weighted by molar-refractivity contribution is 0.0987.